The maximum absolute atomic E-state index is 5.56. The molecule has 0 aliphatic heterocycles. The highest BCUT2D eigenvalue weighted by atomic mass is 15.3. The van der Waals surface area contributed by atoms with Crippen LogP contribution in [0, 0.1) is 11.8 Å². The number of aromatic nitrogens is 2. The van der Waals surface area contributed by atoms with Gasteiger partial charge in [0.05, 0.1) is 11.9 Å². The zero-order valence-electron chi connectivity index (χ0n) is 7.40. The number of nitrogens with two attached hydrogens (primary N) is 1. The van der Waals surface area contributed by atoms with E-state index in [-0.39, 0.29) is 0 Å². The molecule has 0 bridgehead atoms. The molecule has 2 N–H and O–H groups in total. The molecule has 12 heavy (non-hydrogen) atoms. The predicted molar refractivity (Wildman–Crippen MR) is 48.5 cm³/mol. The Labute approximate surface area is 72.6 Å². The predicted octanol–water partition coefficient (Wildman–Crippen LogP) is 1.51. The van der Waals surface area contributed by atoms with Crippen molar-refractivity contribution >= 4 is 5.69 Å². The Morgan fingerprint density at radius 2 is 2.50 bits per heavy atom. The van der Waals surface area contributed by atoms with Crippen LogP contribution in [0.3, 0.4) is 0 Å². The topological polar surface area (TPSA) is 43.8 Å². The van der Waals surface area contributed by atoms with Gasteiger partial charge in [0.25, 0.3) is 0 Å². The van der Waals surface area contributed by atoms with Crippen molar-refractivity contribution in [3.8, 4) is 0 Å². The largest absolute Gasteiger partial charge is 0.396 e. The summed E-state index contributed by atoms with van der Waals surface area (Å²) in [6.45, 7) is 3.30. The third-order valence-electron chi connectivity index (χ3n) is 2.67. The molecule has 1 aromatic rings. The van der Waals surface area contributed by atoms with Gasteiger partial charge in [0.1, 0.15) is 0 Å². The Morgan fingerprint density at radius 1 is 1.67 bits per heavy atom. The quantitative estimate of drug-likeness (QED) is 0.737. The van der Waals surface area contributed by atoms with Crippen molar-refractivity contribution in [2.75, 3.05) is 5.73 Å². The van der Waals surface area contributed by atoms with E-state index < -0.39 is 0 Å². The van der Waals surface area contributed by atoms with E-state index in [0.29, 0.717) is 0 Å². The summed E-state index contributed by atoms with van der Waals surface area (Å²) in [6, 6.07) is 0. The molecule has 2 atom stereocenters. The van der Waals surface area contributed by atoms with E-state index in [9.17, 15) is 0 Å². The fourth-order valence-corrected chi connectivity index (χ4v) is 1.75. The molecule has 0 saturated heterocycles. The third-order valence-corrected chi connectivity index (χ3v) is 2.67. The van der Waals surface area contributed by atoms with Crippen LogP contribution >= 0.6 is 0 Å². The molecular formula is C9H15N3. The lowest BCUT2D eigenvalue weighted by Crippen LogP contribution is -2.01. The Kier molecular flexibility index (Phi) is 1.79. The molecule has 2 unspecified atom stereocenters. The molecule has 66 valence electrons. The van der Waals surface area contributed by atoms with Crippen LogP contribution in [0.5, 0.6) is 0 Å². The maximum Gasteiger partial charge on any atom is 0.0719 e. The fourth-order valence-electron chi connectivity index (χ4n) is 1.75. The van der Waals surface area contributed by atoms with Gasteiger partial charge in [-0.05, 0) is 18.3 Å². The minimum absolute atomic E-state index is 0.767. The maximum atomic E-state index is 5.56. The zero-order valence-corrected chi connectivity index (χ0v) is 7.40. The van der Waals surface area contributed by atoms with Crippen molar-refractivity contribution in [1.29, 1.82) is 0 Å². The molecule has 1 heterocycles. The van der Waals surface area contributed by atoms with Gasteiger partial charge in [-0.2, -0.15) is 5.10 Å². The lowest BCUT2D eigenvalue weighted by Gasteiger charge is -1.98. The van der Waals surface area contributed by atoms with E-state index in [2.05, 4.69) is 12.0 Å². The van der Waals surface area contributed by atoms with Crippen molar-refractivity contribution in [3.63, 3.8) is 0 Å². The lowest BCUT2D eigenvalue weighted by molar-refractivity contribution is 0.525. The van der Waals surface area contributed by atoms with Crippen LogP contribution in [0.4, 0.5) is 5.69 Å². The second-order valence-electron chi connectivity index (χ2n) is 3.66. The minimum Gasteiger partial charge on any atom is -0.396 e. The summed E-state index contributed by atoms with van der Waals surface area (Å²) in [7, 11) is 0. The molecular weight excluding hydrogens is 150 g/mol. The zero-order chi connectivity index (χ0) is 8.55. The molecule has 3 nitrogen and oxygen atoms in total. The highest BCUT2D eigenvalue weighted by Gasteiger charge is 2.35. The van der Waals surface area contributed by atoms with Gasteiger partial charge in [-0.1, -0.05) is 13.3 Å². The van der Waals surface area contributed by atoms with E-state index in [0.717, 1.165) is 24.1 Å². The van der Waals surface area contributed by atoms with Gasteiger partial charge < -0.3 is 5.73 Å². The standard InChI is InChI=1S/C9H15N3/c1-2-7-3-8(7)5-12-6-9(10)4-11-12/h4,6-8H,2-3,5,10H2,1H3. The highest BCUT2D eigenvalue weighted by molar-refractivity contribution is 5.30. The van der Waals surface area contributed by atoms with Crippen molar-refractivity contribution in [3.05, 3.63) is 12.4 Å². The number of nitrogens with zero attached hydrogens (tertiary/aromatic N) is 2. The first kappa shape index (κ1) is 7.65. The third kappa shape index (κ3) is 1.44. The number of rotatable bonds is 3. The molecule has 0 aromatic carbocycles. The van der Waals surface area contributed by atoms with E-state index in [1.165, 1.54) is 12.8 Å². The second kappa shape index (κ2) is 2.81. The summed E-state index contributed by atoms with van der Waals surface area (Å²) < 4.78 is 1.95. The monoisotopic (exact) mass is 165 g/mol. The summed E-state index contributed by atoms with van der Waals surface area (Å²) >= 11 is 0. The average molecular weight is 165 g/mol. The van der Waals surface area contributed by atoms with Gasteiger partial charge in [-0.15, -0.1) is 0 Å². The molecule has 0 spiro atoms. The van der Waals surface area contributed by atoms with Crippen LogP contribution in [0.2, 0.25) is 0 Å². The van der Waals surface area contributed by atoms with Crippen LogP contribution in [-0.2, 0) is 6.54 Å². The van der Waals surface area contributed by atoms with Crippen molar-refractivity contribution < 1.29 is 0 Å². The smallest absolute Gasteiger partial charge is 0.0719 e. The minimum atomic E-state index is 0.767. The molecule has 1 fully saturated rings. The van der Waals surface area contributed by atoms with Crippen molar-refractivity contribution in [2.24, 2.45) is 11.8 Å². The van der Waals surface area contributed by atoms with E-state index in [4.69, 9.17) is 5.73 Å². The lowest BCUT2D eigenvalue weighted by atomic mass is 10.2. The molecule has 3 heteroatoms. The Balaban J connectivity index is 1.89. The average Bonchev–Trinajstić information content (AvgIpc) is 2.67. The van der Waals surface area contributed by atoms with Crippen LogP contribution in [0.15, 0.2) is 12.4 Å². The number of anilines is 1. The Bertz CT molecular complexity index is 266. The van der Waals surface area contributed by atoms with Gasteiger partial charge in [0, 0.05) is 12.7 Å². The Hall–Kier alpha value is -0.990. The van der Waals surface area contributed by atoms with E-state index in [1.807, 2.05) is 10.9 Å². The first-order valence-corrected chi connectivity index (χ1v) is 4.57. The second-order valence-corrected chi connectivity index (χ2v) is 3.66. The molecule has 0 radical (unpaired) electrons. The fraction of sp³-hybridized carbons (Fsp3) is 0.667. The van der Waals surface area contributed by atoms with Gasteiger partial charge >= 0.3 is 0 Å². The molecule has 1 aliphatic rings. The molecule has 1 saturated carbocycles. The molecule has 1 aromatic heterocycles. The SMILES string of the molecule is CCC1CC1Cn1cc(N)cn1. The van der Waals surface area contributed by atoms with E-state index >= 15 is 0 Å². The first-order valence-electron chi connectivity index (χ1n) is 4.57. The molecule has 0 amide bonds. The van der Waals surface area contributed by atoms with Crippen LogP contribution in [0.1, 0.15) is 19.8 Å². The molecule has 1 aliphatic carbocycles. The highest BCUT2D eigenvalue weighted by Crippen LogP contribution is 2.41. The van der Waals surface area contributed by atoms with Crippen LogP contribution in [0.25, 0.3) is 0 Å². The number of hydrogen-bond donors (Lipinski definition) is 1. The summed E-state index contributed by atoms with van der Waals surface area (Å²) in [4.78, 5) is 0. The Morgan fingerprint density at radius 3 is 3.00 bits per heavy atom. The summed E-state index contributed by atoms with van der Waals surface area (Å²) in [5, 5.41) is 4.16. The first-order chi connectivity index (χ1) is 5.79. The van der Waals surface area contributed by atoms with E-state index in [1.54, 1.807) is 6.20 Å². The summed E-state index contributed by atoms with van der Waals surface area (Å²) in [5.74, 6) is 1.80. The van der Waals surface area contributed by atoms with Gasteiger partial charge in [-0.25, -0.2) is 0 Å². The van der Waals surface area contributed by atoms with Crippen LogP contribution in [-0.4, -0.2) is 9.78 Å². The van der Waals surface area contributed by atoms with Crippen molar-refractivity contribution in [1.82, 2.24) is 9.78 Å². The summed E-state index contributed by atoms with van der Waals surface area (Å²) in [6.07, 6.45) is 6.30. The van der Waals surface area contributed by atoms with Gasteiger partial charge in [-0.3, -0.25) is 4.68 Å². The van der Waals surface area contributed by atoms with Crippen molar-refractivity contribution in [2.45, 2.75) is 26.3 Å². The molecule has 2 rings (SSSR count). The number of hydrogen-bond acceptors (Lipinski definition) is 2. The normalized spacial score (nSPS) is 27.4. The number of nitrogen functional groups attached to an aromatic ring is 1. The van der Waals surface area contributed by atoms with Gasteiger partial charge in [0.2, 0.25) is 0 Å². The summed E-state index contributed by atoms with van der Waals surface area (Å²) in [5.41, 5.74) is 6.33. The van der Waals surface area contributed by atoms with Gasteiger partial charge in [0.15, 0.2) is 0 Å². The van der Waals surface area contributed by atoms with Crippen LogP contribution < -0.4 is 5.73 Å².